The van der Waals surface area contributed by atoms with Crippen molar-refractivity contribution < 1.29 is 4.79 Å². The van der Waals surface area contributed by atoms with E-state index in [4.69, 9.17) is 18.0 Å². The van der Waals surface area contributed by atoms with Crippen LogP contribution in [-0.2, 0) is 4.79 Å². The zero-order chi connectivity index (χ0) is 14.5. The number of hydrogen-bond donors (Lipinski definition) is 1. The summed E-state index contributed by atoms with van der Waals surface area (Å²) in [4.78, 5) is 15.5. The Morgan fingerprint density at radius 1 is 1.20 bits per heavy atom. The molecular weight excluding hydrogens is 268 g/mol. The Hall–Kier alpha value is -0.640. The molecule has 4 aliphatic rings. The van der Waals surface area contributed by atoms with Gasteiger partial charge in [0, 0.05) is 6.04 Å². The van der Waals surface area contributed by atoms with Crippen LogP contribution in [0.3, 0.4) is 0 Å². The molecular formula is C16H26N2OS. The summed E-state index contributed by atoms with van der Waals surface area (Å²) in [6.07, 6.45) is 7.42. The molecule has 4 aliphatic carbocycles. The zero-order valence-corrected chi connectivity index (χ0v) is 13.4. The van der Waals surface area contributed by atoms with E-state index < -0.39 is 0 Å². The molecule has 4 heteroatoms. The van der Waals surface area contributed by atoms with Crippen molar-refractivity contribution in [1.82, 2.24) is 4.90 Å². The molecule has 0 heterocycles. The van der Waals surface area contributed by atoms with Crippen molar-refractivity contribution in [2.24, 2.45) is 28.9 Å². The maximum atomic E-state index is 13.2. The van der Waals surface area contributed by atoms with Gasteiger partial charge in [0.25, 0.3) is 0 Å². The van der Waals surface area contributed by atoms with Gasteiger partial charge in [0.15, 0.2) is 0 Å². The van der Waals surface area contributed by atoms with Crippen molar-refractivity contribution in [3.8, 4) is 0 Å². The van der Waals surface area contributed by atoms with Crippen LogP contribution in [0, 0.1) is 23.2 Å². The van der Waals surface area contributed by atoms with Gasteiger partial charge in [-0.25, -0.2) is 0 Å². The van der Waals surface area contributed by atoms with Crippen molar-refractivity contribution in [2.75, 3.05) is 6.54 Å². The number of carbonyl (C=O) groups excluding carboxylic acids is 1. The molecule has 0 radical (unpaired) electrons. The van der Waals surface area contributed by atoms with Gasteiger partial charge in [0.2, 0.25) is 5.91 Å². The predicted molar refractivity (Wildman–Crippen MR) is 84.2 cm³/mol. The van der Waals surface area contributed by atoms with Crippen molar-refractivity contribution in [2.45, 2.75) is 58.4 Å². The first-order valence-corrected chi connectivity index (χ1v) is 8.40. The number of nitrogens with zero attached hydrogens (tertiary/aromatic N) is 1. The minimum Gasteiger partial charge on any atom is -0.392 e. The Morgan fingerprint density at radius 3 is 2.00 bits per heavy atom. The SMILES string of the molecule is CC(C)N(CC(N)=S)C(=O)C12CC3CC(CC(C3)C1)C2. The van der Waals surface area contributed by atoms with Crippen LogP contribution in [-0.4, -0.2) is 28.4 Å². The summed E-state index contributed by atoms with van der Waals surface area (Å²) < 4.78 is 0. The van der Waals surface area contributed by atoms with Gasteiger partial charge < -0.3 is 10.6 Å². The molecule has 2 N–H and O–H groups in total. The van der Waals surface area contributed by atoms with E-state index in [-0.39, 0.29) is 11.5 Å². The van der Waals surface area contributed by atoms with Crippen molar-refractivity contribution in [1.29, 1.82) is 0 Å². The monoisotopic (exact) mass is 294 g/mol. The predicted octanol–water partition coefficient (Wildman–Crippen LogP) is 2.73. The number of amides is 1. The lowest BCUT2D eigenvalue weighted by Gasteiger charge is -2.57. The van der Waals surface area contributed by atoms with Gasteiger partial charge >= 0.3 is 0 Å². The molecule has 4 rings (SSSR count). The van der Waals surface area contributed by atoms with Crippen molar-refractivity contribution >= 4 is 23.1 Å². The van der Waals surface area contributed by atoms with E-state index in [9.17, 15) is 4.79 Å². The topological polar surface area (TPSA) is 46.3 Å². The standard InChI is InChI=1S/C16H26N2OS/c1-10(2)18(9-14(17)20)15(19)16-6-11-3-12(7-16)5-13(4-11)8-16/h10-13H,3-9H2,1-2H3,(H2,17,20). The highest BCUT2D eigenvalue weighted by atomic mass is 32.1. The van der Waals surface area contributed by atoms with Crippen LogP contribution in [0.1, 0.15) is 52.4 Å². The summed E-state index contributed by atoms with van der Waals surface area (Å²) >= 11 is 5.04. The van der Waals surface area contributed by atoms with Crippen LogP contribution in [0.4, 0.5) is 0 Å². The van der Waals surface area contributed by atoms with Crippen LogP contribution in [0.2, 0.25) is 0 Å². The highest BCUT2D eigenvalue weighted by molar-refractivity contribution is 7.80. The number of thiocarbonyl (C=S) groups is 1. The molecule has 0 aromatic rings. The van der Waals surface area contributed by atoms with Gasteiger partial charge in [-0.3, -0.25) is 4.79 Å². The van der Waals surface area contributed by atoms with Gasteiger partial charge in [-0.15, -0.1) is 0 Å². The Kier molecular flexibility index (Phi) is 3.56. The normalized spacial score (nSPS) is 38.2. The van der Waals surface area contributed by atoms with E-state index in [2.05, 4.69) is 13.8 Å². The molecule has 1 amide bonds. The van der Waals surface area contributed by atoms with E-state index in [1.807, 2.05) is 4.90 Å². The van der Waals surface area contributed by atoms with Crippen LogP contribution in [0.25, 0.3) is 0 Å². The van der Waals surface area contributed by atoms with Gasteiger partial charge in [-0.2, -0.15) is 0 Å². The summed E-state index contributed by atoms with van der Waals surface area (Å²) in [5.74, 6) is 2.72. The summed E-state index contributed by atoms with van der Waals surface area (Å²) in [7, 11) is 0. The van der Waals surface area contributed by atoms with E-state index in [1.165, 1.54) is 19.3 Å². The van der Waals surface area contributed by atoms with Crippen LogP contribution < -0.4 is 5.73 Å². The smallest absolute Gasteiger partial charge is 0.229 e. The zero-order valence-electron chi connectivity index (χ0n) is 12.6. The molecule has 0 spiro atoms. The highest BCUT2D eigenvalue weighted by Gasteiger charge is 2.55. The van der Waals surface area contributed by atoms with Crippen LogP contribution in [0.5, 0.6) is 0 Å². The molecule has 4 bridgehead atoms. The average Bonchev–Trinajstić information content (AvgIpc) is 2.33. The lowest BCUT2D eigenvalue weighted by atomic mass is 9.49. The molecule has 0 aliphatic heterocycles. The molecule has 0 aromatic heterocycles. The number of hydrogen-bond acceptors (Lipinski definition) is 2. The third-order valence-electron chi connectivity index (χ3n) is 5.70. The lowest BCUT2D eigenvalue weighted by molar-refractivity contribution is -0.158. The van der Waals surface area contributed by atoms with Crippen molar-refractivity contribution in [3.05, 3.63) is 0 Å². The Bertz CT molecular complexity index is 397. The summed E-state index contributed by atoms with van der Waals surface area (Å²) in [5, 5.41) is 0. The van der Waals surface area contributed by atoms with E-state index in [1.54, 1.807) is 0 Å². The second kappa shape index (κ2) is 4.97. The van der Waals surface area contributed by atoms with Crippen molar-refractivity contribution in [3.63, 3.8) is 0 Å². The first-order valence-electron chi connectivity index (χ1n) is 7.99. The van der Waals surface area contributed by atoms with E-state index in [0.29, 0.717) is 17.4 Å². The molecule has 20 heavy (non-hydrogen) atoms. The maximum Gasteiger partial charge on any atom is 0.229 e. The van der Waals surface area contributed by atoms with Gasteiger partial charge in [0.05, 0.1) is 16.9 Å². The second-order valence-electron chi connectivity index (χ2n) is 7.69. The largest absolute Gasteiger partial charge is 0.392 e. The fourth-order valence-electron chi connectivity index (χ4n) is 5.33. The van der Waals surface area contributed by atoms with Gasteiger partial charge in [-0.1, -0.05) is 12.2 Å². The third kappa shape index (κ3) is 2.36. The maximum absolute atomic E-state index is 13.2. The van der Waals surface area contributed by atoms with Gasteiger partial charge in [0.1, 0.15) is 0 Å². The Morgan fingerprint density at radius 2 is 1.65 bits per heavy atom. The molecule has 4 fully saturated rings. The lowest BCUT2D eigenvalue weighted by Crippen LogP contribution is -2.56. The highest BCUT2D eigenvalue weighted by Crippen LogP contribution is 2.60. The molecule has 0 aromatic carbocycles. The summed E-state index contributed by atoms with van der Waals surface area (Å²) in [6, 6.07) is 0.178. The molecule has 0 unspecified atom stereocenters. The number of nitrogens with two attached hydrogens (primary N) is 1. The van der Waals surface area contributed by atoms with E-state index >= 15 is 0 Å². The minimum atomic E-state index is -0.0796. The summed E-state index contributed by atoms with van der Waals surface area (Å²) in [5.41, 5.74) is 5.62. The fourth-order valence-corrected chi connectivity index (χ4v) is 5.47. The summed E-state index contributed by atoms with van der Waals surface area (Å²) in [6.45, 7) is 4.57. The third-order valence-corrected chi connectivity index (χ3v) is 5.83. The second-order valence-corrected chi connectivity index (χ2v) is 8.22. The Balaban J connectivity index is 1.83. The number of rotatable bonds is 4. The van der Waals surface area contributed by atoms with E-state index in [0.717, 1.165) is 37.0 Å². The fraction of sp³-hybridized carbons (Fsp3) is 0.875. The number of carbonyl (C=O) groups is 1. The average molecular weight is 294 g/mol. The first kappa shape index (κ1) is 14.3. The molecule has 112 valence electrons. The first-order chi connectivity index (χ1) is 9.39. The minimum absolute atomic E-state index is 0.0796. The quantitative estimate of drug-likeness (QED) is 0.811. The molecule has 0 atom stereocenters. The van der Waals surface area contributed by atoms with Crippen LogP contribution in [0.15, 0.2) is 0 Å². The molecule has 0 saturated heterocycles. The molecule has 4 saturated carbocycles. The Labute approximate surface area is 127 Å². The van der Waals surface area contributed by atoms with Gasteiger partial charge in [-0.05, 0) is 70.1 Å². The molecule has 3 nitrogen and oxygen atoms in total. The van der Waals surface area contributed by atoms with Crippen LogP contribution >= 0.6 is 12.2 Å².